The number of carbonyl (C=O) groups is 4. The van der Waals surface area contributed by atoms with Crippen molar-refractivity contribution in [2.75, 3.05) is 17.4 Å². The van der Waals surface area contributed by atoms with Crippen molar-refractivity contribution >= 4 is 56.0 Å². The minimum atomic E-state index is -3.52. The zero-order valence-corrected chi connectivity index (χ0v) is 39.1. The van der Waals surface area contributed by atoms with E-state index in [-0.39, 0.29) is 41.1 Å². The summed E-state index contributed by atoms with van der Waals surface area (Å²) in [5.41, 5.74) is -0.263. The van der Waals surface area contributed by atoms with Crippen molar-refractivity contribution in [3.63, 3.8) is 0 Å². The van der Waals surface area contributed by atoms with E-state index in [0.717, 1.165) is 16.8 Å². The fourth-order valence-corrected chi connectivity index (χ4v) is 9.17. The molecule has 6 rings (SSSR count). The summed E-state index contributed by atoms with van der Waals surface area (Å²) in [6, 6.07) is 20.8. The van der Waals surface area contributed by atoms with Gasteiger partial charge < -0.3 is 30.0 Å². The van der Waals surface area contributed by atoms with E-state index in [1.54, 1.807) is 73.7 Å². The minimum Gasteiger partial charge on any atom is -0.489 e. The van der Waals surface area contributed by atoms with E-state index >= 15 is 4.39 Å². The molecular formula is C49H56FN5O10S. The van der Waals surface area contributed by atoms with Crippen LogP contribution in [-0.2, 0) is 42.1 Å². The summed E-state index contributed by atoms with van der Waals surface area (Å²) in [4.78, 5) is 60.3. The zero-order chi connectivity index (χ0) is 48.1. The molecular weight excluding hydrogens is 870 g/mol. The van der Waals surface area contributed by atoms with Crippen LogP contribution < -0.4 is 20.4 Å². The first kappa shape index (κ1) is 48.9. The van der Waals surface area contributed by atoms with E-state index < -0.39 is 68.1 Å². The number of pyridine rings is 1. The summed E-state index contributed by atoms with van der Waals surface area (Å²) in [5, 5.41) is 18.4. The van der Waals surface area contributed by atoms with E-state index in [4.69, 9.17) is 14.2 Å². The predicted octanol–water partition coefficient (Wildman–Crippen LogP) is 9.46. The molecule has 1 aliphatic carbocycles. The summed E-state index contributed by atoms with van der Waals surface area (Å²) in [6.07, 6.45) is 0.913. The monoisotopic (exact) mass is 925 g/mol. The first-order valence-corrected chi connectivity index (χ1v) is 23.0. The van der Waals surface area contributed by atoms with Crippen molar-refractivity contribution in [1.29, 1.82) is 0 Å². The Balaban J connectivity index is 1.45. The standard InChI is InChI=1S/C49H56FN5O10S/c1-30(22-43(56)53-35-16-21-42(34(23-35)26-51-8)66(61,62)37-18-19-37)38-24-32(15-20-41(38)63-29-31-12-10-9-11-13-31)44(45(57)58)54(36-17-14-33-27-52-28-40(50)39(33)25-36)55(46(59)64-48(2,3)4)47(60)65-49(5,6)7/h9-17,20-21,23-25,27-28,30,37,44,51H,18-19,22,26,29H2,1-8H3,(H,53,56)(H,57,58)/t30-,44?/m1/s1. The molecule has 1 heterocycles. The van der Waals surface area contributed by atoms with E-state index in [2.05, 4.69) is 15.6 Å². The molecule has 0 spiro atoms. The average Bonchev–Trinajstić information content (AvgIpc) is 4.09. The molecule has 1 saturated carbocycles. The van der Waals surface area contributed by atoms with Gasteiger partial charge in [0.05, 0.1) is 22.0 Å². The molecule has 0 aliphatic heterocycles. The number of imide groups is 1. The number of nitrogens with one attached hydrogen (secondary N) is 2. The quantitative estimate of drug-likeness (QED) is 0.0793. The number of carboxylic acid groups (broad SMARTS) is 1. The summed E-state index contributed by atoms with van der Waals surface area (Å²) in [7, 11) is -1.82. The van der Waals surface area contributed by atoms with Crippen molar-refractivity contribution < 1.29 is 51.3 Å². The summed E-state index contributed by atoms with van der Waals surface area (Å²) in [6.45, 7) is 11.6. The second-order valence-electron chi connectivity index (χ2n) is 18.2. The fraction of sp³-hybridized carbons (Fsp3) is 0.367. The molecule has 1 aromatic heterocycles. The highest BCUT2D eigenvalue weighted by Crippen LogP contribution is 2.39. The topological polar surface area (TPSA) is 194 Å². The first-order chi connectivity index (χ1) is 31.1. The summed E-state index contributed by atoms with van der Waals surface area (Å²) in [5.74, 6) is -3.03. The van der Waals surface area contributed by atoms with Gasteiger partial charge in [0.2, 0.25) is 5.91 Å². The van der Waals surface area contributed by atoms with Gasteiger partial charge in [-0.15, -0.1) is 5.01 Å². The van der Waals surface area contributed by atoms with Crippen molar-refractivity contribution in [2.24, 2.45) is 0 Å². The number of halogens is 1. The van der Waals surface area contributed by atoms with Crippen molar-refractivity contribution in [3.8, 4) is 5.75 Å². The number of hydrogen-bond donors (Lipinski definition) is 3. The third kappa shape index (κ3) is 12.0. The van der Waals surface area contributed by atoms with Gasteiger partial charge >= 0.3 is 18.2 Å². The fourth-order valence-electron chi connectivity index (χ4n) is 7.30. The van der Waals surface area contributed by atoms with E-state index in [9.17, 15) is 32.7 Å². The van der Waals surface area contributed by atoms with E-state index in [1.807, 2.05) is 30.3 Å². The minimum absolute atomic E-state index is 0.0206. The van der Waals surface area contributed by atoms with Crippen molar-refractivity contribution in [1.82, 2.24) is 15.3 Å². The molecule has 350 valence electrons. The lowest BCUT2D eigenvalue weighted by Gasteiger charge is -2.39. The Kier molecular flexibility index (Phi) is 14.7. The number of fused-ring (bicyclic) bond motifs is 1. The van der Waals surface area contributed by atoms with Crippen LogP contribution in [0.25, 0.3) is 10.8 Å². The number of anilines is 2. The molecule has 4 aromatic carbocycles. The van der Waals surface area contributed by atoms with E-state index in [1.165, 1.54) is 42.6 Å². The second-order valence-corrected chi connectivity index (χ2v) is 20.4. The Morgan fingerprint density at radius 2 is 1.55 bits per heavy atom. The number of ether oxygens (including phenoxy) is 3. The Labute approximate surface area is 384 Å². The van der Waals surface area contributed by atoms with Gasteiger partial charge in [0.15, 0.2) is 15.9 Å². The Morgan fingerprint density at radius 1 is 0.879 bits per heavy atom. The number of carbonyl (C=O) groups excluding carboxylic acids is 3. The van der Waals surface area contributed by atoms with Crippen LogP contribution >= 0.6 is 0 Å². The van der Waals surface area contributed by atoms with Crippen LogP contribution in [0.5, 0.6) is 5.75 Å². The van der Waals surface area contributed by atoms with Gasteiger partial charge in [-0.05, 0) is 132 Å². The van der Waals surface area contributed by atoms with Gasteiger partial charge in [0, 0.05) is 35.6 Å². The number of aliphatic carboxylic acids is 1. The van der Waals surface area contributed by atoms with Crippen molar-refractivity contribution in [3.05, 3.63) is 125 Å². The molecule has 1 fully saturated rings. The Bertz CT molecular complexity index is 2690. The Morgan fingerprint density at radius 3 is 2.15 bits per heavy atom. The molecule has 5 aromatic rings. The normalized spacial score (nSPS) is 13.9. The Hall–Kier alpha value is -6.59. The lowest BCUT2D eigenvalue weighted by atomic mass is 9.92. The molecule has 2 atom stereocenters. The number of hydrazine groups is 1. The van der Waals surface area contributed by atoms with Crippen LogP contribution in [0.2, 0.25) is 0 Å². The van der Waals surface area contributed by atoms with Crippen LogP contribution in [0.1, 0.15) is 102 Å². The molecule has 3 N–H and O–H groups in total. The van der Waals surface area contributed by atoms with Gasteiger partial charge in [-0.25, -0.2) is 27.2 Å². The molecule has 0 bridgehead atoms. The zero-order valence-electron chi connectivity index (χ0n) is 38.3. The number of rotatable bonds is 16. The maximum atomic E-state index is 15.4. The molecule has 0 radical (unpaired) electrons. The number of aromatic nitrogens is 1. The lowest BCUT2D eigenvalue weighted by molar-refractivity contribution is -0.139. The van der Waals surface area contributed by atoms with Crippen LogP contribution in [-0.4, -0.2) is 71.1 Å². The number of nitrogens with zero attached hydrogens (tertiary/aromatic N) is 3. The lowest BCUT2D eigenvalue weighted by Crippen LogP contribution is -2.56. The highest BCUT2D eigenvalue weighted by Gasteiger charge is 2.43. The molecule has 0 saturated heterocycles. The third-order valence-corrected chi connectivity index (χ3v) is 12.7. The molecule has 15 nitrogen and oxygen atoms in total. The van der Waals surface area contributed by atoms with Gasteiger partial charge in [-0.1, -0.05) is 49.4 Å². The molecule has 1 unspecified atom stereocenters. The number of amides is 3. The largest absolute Gasteiger partial charge is 0.489 e. The molecule has 17 heteroatoms. The first-order valence-electron chi connectivity index (χ1n) is 21.5. The summed E-state index contributed by atoms with van der Waals surface area (Å²) >= 11 is 0. The van der Waals surface area contributed by atoms with Gasteiger partial charge in [0.1, 0.15) is 29.4 Å². The molecule has 3 amide bonds. The van der Waals surface area contributed by atoms with Crippen LogP contribution in [0.3, 0.4) is 0 Å². The number of benzene rings is 4. The second kappa shape index (κ2) is 19.9. The van der Waals surface area contributed by atoms with Crippen LogP contribution in [0.4, 0.5) is 25.4 Å². The van der Waals surface area contributed by atoms with Gasteiger partial charge in [-0.3, -0.25) is 14.8 Å². The number of sulfone groups is 1. The molecule has 66 heavy (non-hydrogen) atoms. The third-order valence-electron chi connectivity index (χ3n) is 10.4. The maximum absolute atomic E-state index is 15.4. The summed E-state index contributed by atoms with van der Waals surface area (Å²) < 4.78 is 59.5. The van der Waals surface area contributed by atoms with Crippen LogP contribution in [0, 0.1) is 5.82 Å². The van der Waals surface area contributed by atoms with Crippen LogP contribution in [0.15, 0.2) is 102 Å². The van der Waals surface area contributed by atoms with Gasteiger partial charge in [-0.2, -0.15) is 0 Å². The van der Waals surface area contributed by atoms with Gasteiger partial charge in [0.25, 0.3) is 0 Å². The highest BCUT2D eigenvalue weighted by molar-refractivity contribution is 7.92. The smallest absolute Gasteiger partial charge is 0.439 e. The van der Waals surface area contributed by atoms with Crippen molar-refractivity contribution in [2.45, 2.75) is 114 Å². The average molecular weight is 926 g/mol. The van der Waals surface area contributed by atoms with E-state index in [0.29, 0.717) is 45.8 Å². The SMILES string of the molecule is CNCc1cc(NC(=O)C[C@@H](C)c2cc(C(C(=O)O)N(c3ccc4cncc(F)c4c3)N(C(=O)OC(C)(C)C)C(=O)OC(C)(C)C)ccc2OCc2ccccc2)ccc1S(=O)(=O)C1CC1. The number of hydrogen-bond acceptors (Lipinski definition) is 12. The highest BCUT2D eigenvalue weighted by atomic mass is 32.2. The molecule has 1 aliphatic rings. The number of carboxylic acids is 1. The maximum Gasteiger partial charge on any atom is 0.439 e. The predicted molar refractivity (Wildman–Crippen MR) is 247 cm³/mol.